The van der Waals surface area contributed by atoms with Crippen LogP contribution < -0.4 is 15.6 Å². The summed E-state index contributed by atoms with van der Waals surface area (Å²) < 4.78 is 5.36. The highest BCUT2D eigenvalue weighted by Crippen LogP contribution is 2.22. The van der Waals surface area contributed by atoms with E-state index in [1.54, 1.807) is 31.2 Å². The van der Waals surface area contributed by atoms with Crippen LogP contribution >= 0.6 is 11.8 Å². The number of aryl methyl sites for hydroxylation is 1. The molecule has 0 saturated carbocycles. The van der Waals surface area contributed by atoms with Crippen molar-refractivity contribution in [1.29, 1.82) is 5.26 Å². The number of hydrogen-bond acceptors (Lipinski definition) is 6. The van der Waals surface area contributed by atoms with E-state index < -0.39 is 10.8 Å². The highest BCUT2D eigenvalue weighted by atomic mass is 32.2. The molecule has 0 bridgehead atoms. The summed E-state index contributed by atoms with van der Waals surface area (Å²) in [5.74, 6) is 0.517. The molecule has 1 aromatic carbocycles. The lowest BCUT2D eigenvalue weighted by molar-refractivity contribution is -0.115. The molecule has 1 atom stereocenters. The minimum atomic E-state index is -0.485. The molecule has 0 aliphatic heterocycles. The topological polar surface area (TPSA) is 108 Å². The van der Waals surface area contributed by atoms with E-state index >= 15 is 0 Å². The van der Waals surface area contributed by atoms with Gasteiger partial charge in [-0.1, -0.05) is 18.7 Å². The summed E-state index contributed by atoms with van der Waals surface area (Å²) in [6.45, 7) is 6.02. The number of nitrogens with zero attached hydrogens (tertiary/aromatic N) is 2. The van der Waals surface area contributed by atoms with E-state index in [2.05, 4.69) is 15.3 Å². The number of ether oxygens (including phenoxy) is 1. The number of benzene rings is 1. The van der Waals surface area contributed by atoms with Crippen molar-refractivity contribution in [2.24, 2.45) is 0 Å². The van der Waals surface area contributed by atoms with Crippen molar-refractivity contribution >= 4 is 23.4 Å². The first-order chi connectivity index (χ1) is 12.5. The SMILES string of the molecule is CCOc1ccc(NC(=O)C(C)Sc2nc(CC)c(C#N)c(=O)[nH]2)cc1. The monoisotopic (exact) mass is 372 g/mol. The number of nitrogens with one attached hydrogen (secondary N) is 2. The molecule has 26 heavy (non-hydrogen) atoms. The Morgan fingerprint density at radius 1 is 1.38 bits per heavy atom. The number of aromatic amines is 1. The van der Waals surface area contributed by atoms with Crippen molar-refractivity contribution < 1.29 is 9.53 Å². The lowest BCUT2D eigenvalue weighted by Crippen LogP contribution is -2.24. The van der Waals surface area contributed by atoms with Crippen LogP contribution in [-0.2, 0) is 11.2 Å². The second-order valence-corrected chi connectivity index (χ2v) is 6.69. The van der Waals surface area contributed by atoms with Gasteiger partial charge in [0, 0.05) is 5.69 Å². The number of nitriles is 1. The van der Waals surface area contributed by atoms with Gasteiger partial charge in [0.1, 0.15) is 17.4 Å². The number of carbonyl (C=O) groups is 1. The van der Waals surface area contributed by atoms with Crippen molar-refractivity contribution in [2.45, 2.75) is 37.6 Å². The van der Waals surface area contributed by atoms with Gasteiger partial charge >= 0.3 is 0 Å². The van der Waals surface area contributed by atoms with E-state index in [1.807, 2.05) is 19.9 Å². The summed E-state index contributed by atoms with van der Waals surface area (Å²) in [6, 6.07) is 8.95. The Hall–Kier alpha value is -2.79. The molecule has 0 saturated heterocycles. The molecule has 2 N–H and O–H groups in total. The quantitative estimate of drug-likeness (QED) is 0.571. The van der Waals surface area contributed by atoms with E-state index in [4.69, 9.17) is 10.00 Å². The van der Waals surface area contributed by atoms with Crippen LogP contribution in [0.1, 0.15) is 32.0 Å². The first kappa shape index (κ1) is 19.5. The molecule has 0 aliphatic carbocycles. The van der Waals surface area contributed by atoms with Crippen molar-refractivity contribution in [3.05, 3.63) is 45.9 Å². The molecule has 8 heteroatoms. The predicted molar refractivity (Wildman–Crippen MR) is 101 cm³/mol. The highest BCUT2D eigenvalue weighted by Gasteiger charge is 2.18. The largest absolute Gasteiger partial charge is 0.494 e. The smallest absolute Gasteiger partial charge is 0.269 e. The van der Waals surface area contributed by atoms with Gasteiger partial charge < -0.3 is 15.0 Å². The maximum absolute atomic E-state index is 12.4. The van der Waals surface area contributed by atoms with Crippen LogP contribution in [0.25, 0.3) is 0 Å². The number of carbonyl (C=O) groups excluding carboxylic acids is 1. The molecule has 0 radical (unpaired) electrons. The fraction of sp³-hybridized carbons (Fsp3) is 0.333. The van der Waals surface area contributed by atoms with Crippen LogP contribution in [0.2, 0.25) is 0 Å². The lowest BCUT2D eigenvalue weighted by Gasteiger charge is -2.12. The van der Waals surface area contributed by atoms with E-state index in [-0.39, 0.29) is 11.5 Å². The van der Waals surface area contributed by atoms with Crippen molar-refractivity contribution in [3.63, 3.8) is 0 Å². The molecular formula is C18H20N4O3S. The van der Waals surface area contributed by atoms with Gasteiger partial charge in [-0.3, -0.25) is 9.59 Å². The molecule has 1 unspecified atom stereocenters. The lowest BCUT2D eigenvalue weighted by atomic mass is 10.2. The van der Waals surface area contributed by atoms with Gasteiger partial charge in [-0.2, -0.15) is 5.26 Å². The number of aromatic nitrogens is 2. The Labute approximate surface area is 155 Å². The van der Waals surface area contributed by atoms with Gasteiger partial charge in [0.2, 0.25) is 5.91 Å². The van der Waals surface area contributed by atoms with Crippen molar-refractivity contribution in [1.82, 2.24) is 9.97 Å². The maximum Gasteiger partial charge on any atom is 0.269 e. The predicted octanol–water partition coefficient (Wildman–Crippen LogP) is 2.72. The molecule has 0 fully saturated rings. The van der Waals surface area contributed by atoms with E-state index in [0.717, 1.165) is 17.5 Å². The van der Waals surface area contributed by atoms with Crippen molar-refractivity contribution in [2.75, 3.05) is 11.9 Å². The molecule has 1 amide bonds. The third kappa shape index (κ3) is 4.86. The van der Waals surface area contributed by atoms with Gasteiger partial charge in [-0.15, -0.1) is 0 Å². The fourth-order valence-electron chi connectivity index (χ4n) is 2.19. The molecule has 1 aromatic heterocycles. The Kier molecular flexibility index (Phi) is 6.81. The Morgan fingerprint density at radius 2 is 2.08 bits per heavy atom. The zero-order valence-electron chi connectivity index (χ0n) is 14.8. The average molecular weight is 372 g/mol. The molecule has 136 valence electrons. The maximum atomic E-state index is 12.4. The second-order valence-electron chi connectivity index (χ2n) is 5.36. The average Bonchev–Trinajstić information content (AvgIpc) is 2.63. The van der Waals surface area contributed by atoms with Crippen LogP contribution in [0.5, 0.6) is 5.75 Å². The summed E-state index contributed by atoms with van der Waals surface area (Å²) in [4.78, 5) is 31.1. The van der Waals surface area contributed by atoms with E-state index in [1.165, 1.54) is 0 Å². The molecule has 7 nitrogen and oxygen atoms in total. The third-order valence-corrected chi connectivity index (χ3v) is 4.49. The van der Waals surface area contributed by atoms with Gasteiger partial charge in [0.15, 0.2) is 5.16 Å². The van der Waals surface area contributed by atoms with Gasteiger partial charge in [-0.25, -0.2) is 4.98 Å². The molecule has 2 rings (SSSR count). The molecule has 2 aromatic rings. The standard InChI is InChI=1S/C18H20N4O3S/c1-4-15-14(10-19)17(24)22-18(21-15)26-11(3)16(23)20-12-6-8-13(9-7-12)25-5-2/h6-9,11H,4-5H2,1-3H3,(H,20,23)(H,21,22,24). The van der Waals surface area contributed by atoms with Crippen LogP contribution in [0.15, 0.2) is 34.2 Å². The summed E-state index contributed by atoms with van der Waals surface area (Å²) in [5.41, 5.74) is 0.614. The summed E-state index contributed by atoms with van der Waals surface area (Å²) >= 11 is 1.13. The number of amides is 1. The second kappa shape index (κ2) is 9.06. The van der Waals surface area contributed by atoms with E-state index in [9.17, 15) is 9.59 Å². The minimum Gasteiger partial charge on any atom is -0.494 e. The summed E-state index contributed by atoms with van der Waals surface area (Å²) in [6.07, 6.45) is 0.465. The van der Waals surface area contributed by atoms with Gasteiger partial charge in [0.05, 0.1) is 17.6 Å². The third-order valence-electron chi connectivity index (χ3n) is 3.51. The summed E-state index contributed by atoms with van der Waals surface area (Å²) in [5, 5.41) is 11.7. The van der Waals surface area contributed by atoms with Crippen LogP contribution in [0.3, 0.4) is 0 Å². The number of rotatable bonds is 7. The van der Waals surface area contributed by atoms with Crippen molar-refractivity contribution in [3.8, 4) is 11.8 Å². The van der Waals surface area contributed by atoms with Crippen LogP contribution in [0.4, 0.5) is 5.69 Å². The number of anilines is 1. The molecule has 0 spiro atoms. The Bertz CT molecular complexity index is 871. The Balaban J connectivity index is 2.06. The van der Waals surface area contributed by atoms with Crippen LogP contribution in [0, 0.1) is 11.3 Å². The molecular weight excluding hydrogens is 352 g/mol. The zero-order chi connectivity index (χ0) is 19.1. The number of hydrogen-bond donors (Lipinski definition) is 2. The normalized spacial score (nSPS) is 11.5. The van der Waals surface area contributed by atoms with E-state index in [0.29, 0.717) is 29.6 Å². The molecule has 0 aliphatic rings. The fourth-order valence-corrected chi connectivity index (χ4v) is 3.01. The summed E-state index contributed by atoms with van der Waals surface area (Å²) in [7, 11) is 0. The highest BCUT2D eigenvalue weighted by molar-refractivity contribution is 8.00. The minimum absolute atomic E-state index is 0.0170. The first-order valence-corrected chi connectivity index (χ1v) is 9.10. The number of H-pyrrole nitrogens is 1. The Morgan fingerprint density at radius 3 is 2.65 bits per heavy atom. The zero-order valence-corrected chi connectivity index (χ0v) is 15.6. The van der Waals surface area contributed by atoms with Crippen LogP contribution in [-0.4, -0.2) is 27.7 Å². The van der Waals surface area contributed by atoms with Gasteiger partial charge in [0.25, 0.3) is 5.56 Å². The number of thioether (sulfide) groups is 1. The van der Waals surface area contributed by atoms with Gasteiger partial charge in [-0.05, 0) is 44.5 Å². The molecule has 1 heterocycles. The first-order valence-electron chi connectivity index (χ1n) is 8.22.